The number of nitrogens with zero attached hydrogens (tertiary/aromatic N) is 1. The zero-order valence-electron chi connectivity index (χ0n) is 13.9. The van der Waals surface area contributed by atoms with E-state index in [1.807, 2.05) is 20.0 Å². The van der Waals surface area contributed by atoms with Gasteiger partial charge < -0.3 is 14.8 Å². The van der Waals surface area contributed by atoms with Crippen molar-refractivity contribution in [2.75, 3.05) is 19.8 Å². The highest BCUT2D eigenvalue weighted by molar-refractivity contribution is 5.14. The van der Waals surface area contributed by atoms with E-state index in [1.54, 1.807) is 0 Å². The second-order valence-electron chi connectivity index (χ2n) is 5.06. The number of pyridine rings is 1. The first-order chi connectivity index (χ1) is 10.2. The molecule has 0 amide bonds. The summed E-state index contributed by atoms with van der Waals surface area (Å²) in [7, 11) is 0. The fourth-order valence-electron chi connectivity index (χ4n) is 2.21. The topological polar surface area (TPSA) is 43.4 Å². The normalized spacial score (nSPS) is 12.8. The lowest BCUT2D eigenvalue weighted by molar-refractivity contribution is -0.153. The molecule has 1 heterocycles. The Morgan fingerprint density at radius 1 is 1.10 bits per heavy atom. The molecule has 0 radical (unpaired) electrons. The van der Waals surface area contributed by atoms with Crippen LogP contribution in [0, 0.1) is 0 Å². The van der Waals surface area contributed by atoms with E-state index in [0.717, 1.165) is 31.5 Å². The number of hydrogen-bond donors (Lipinski definition) is 1. The summed E-state index contributed by atoms with van der Waals surface area (Å²) in [6, 6.07) is 4.38. The molecule has 4 heteroatoms. The van der Waals surface area contributed by atoms with Crippen molar-refractivity contribution in [2.45, 2.75) is 59.3 Å². The molecule has 0 spiro atoms. The maximum atomic E-state index is 5.75. The molecule has 1 aromatic rings. The third-order valence-electron chi connectivity index (χ3n) is 3.37. The van der Waals surface area contributed by atoms with Crippen molar-refractivity contribution in [3.8, 4) is 0 Å². The van der Waals surface area contributed by atoms with Crippen molar-refractivity contribution in [3.05, 3.63) is 29.6 Å². The van der Waals surface area contributed by atoms with Gasteiger partial charge in [-0.05, 0) is 44.9 Å². The minimum absolute atomic E-state index is 0.129. The van der Waals surface area contributed by atoms with Gasteiger partial charge in [0.1, 0.15) is 0 Å². The number of rotatable bonds is 11. The van der Waals surface area contributed by atoms with Crippen molar-refractivity contribution in [2.24, 2.45) is 0 Å². The van der Waals surface area contributed by atoms with Crippen molar-refractivity contribution in [3.63, 3.8) is 0 Å². The summed E-state index contributed by atoms with van der Waals surface area (Å²) in [5, 5.41) is 3.53. The number of aromatic nitrogens is 1. The van der Waals surface area contributed by atoms with Crippen molar-refractivity contribution in [1.82, 2.24) is 10.3 Å². The standard InChI is InChI=1S/C17H30N2O2/c1-5-11-18-16(17(20-7-3)21-8-4)12-15-10-9-14(6-2)13-19-15/h9-10,13,16-18H,5-8,11-12H2,1-4H3. The third-order valence-corrected chi connectivity index (χ3v) is 3.37. The second-order valence-corrected chi connectivity index (χ2v) is 5.06. The average Bonchev–Trinajstić information content (AvgIpc) is 2.52. The zero-order valence-corrected chi connectivity index (χ0v) is 13.9. The van der Waals surface area contributed by atoms with Crippen LogP contribution in [-0.2, 0) is 22.3 Å². The van der Waals surface area contributed by atoms with Gasteiger partial charge >= 0.3 is 0 Å². The van der Waals surface area contributed by atoms with E-state index in [-0.39, 0.29) is 12.3 Å². The number of nitrogens with one attached hydrogen (secondary N) is 1. The van der Waals surface area contributed by atoms with Gasteiger partial charge in [0.15, 0.2) is 6.29 Å². The van der Waals surface area contributed by atoms with Gasteiger partial charge in [-0.3, -0.25) is 4.98 Å². The van der Waals surface area contributed by atoms with Crippen LogP contribution in [0.1, 0.15) is 45.4 Å². The van der Waals surface area contributed by atoms with Gasteiger partial charge in [-0.1, -0.05) is 19.9 Å². The molecule has 0 aliphatic carbocycles. The van der Waals surface area contributed by atoms with Crippen LogP contribution in [0.4, 0.5) is 0 Å². The first-order valence-electron chi connectivity index (χ1n) is 8.15. The highest BCUT2D eigenvalue weighted by atomic mass is 16.7. The molecule has 1 atom stereocenters. The Labute approximate surface area is 129 Å². The lowest BCUT2D eigenvalue weighted by Crippen LogP contribution is -2.45. The fraction of sp³-hybridized carbons (Fsp3) is 0.706. The molecule has 1 unspecified atom stereocenters. The predicted octanol–water partition coefficient (Wildman–Crippen LogP) is 2.95. The van der Waals surface area contributed by atoms with Crippen LogP contribution in [-0.4, -0.2) is 37.1 Å². The molecule has 0 saturated carbocycles. The monoisotopic (exact) mass is 294 g/mol. The molecular formula is C17H30N2O2. The van der Waals surface area contributed by atoms with E-state index in [1.165, 1.54) is 5.56 Å². The zero-order chi connectivity index (χ0) is 15.5. The van der Waals surface area contributed by atoms with Gasteiger partial charge in [-0.15, -0.1) is 0 Å². The summed E-state index contributed by atoms with van der Waals surface area (Å²) in [5.74, 6) is 0. The molecule has 120 valence electrons. The van der Waals surface area contributed by atoms with Crippen LogP contribution in [0.25, 0.3) is 0 Å². The molecule has 4 nitrogen and oxygen atoms in total. The van der Waals surface area contributed by atoms with Gasteiger partial charge in [0.05, 0.1) is 6.04 Å². The number of ether oxygens (including phenoxy) is 2. The maximum absolute atomic E-state index is 5.75. The summed E-state index contributed by atoms with van der Waals surface area (Å²) in [6.07, 6.45) is 4.66. The van der Waals surface area contributed by atoms with Gasteiger partial charge in [0.25, 0.3) is 0 Å². The van der Waals surface area contributed by atoms with Crippen molar-refractivity contribution >= 4 is 0 Å². The molecular weight excluding hydrogens is 264 g/mol. The Morgan fingerprint density at radius 3 is 2.29 bits per heavy atom. The summed E-state index contributed by atoms with van der Waals surface area (Å²) < 4.78 is 11.5. The predicted molar refractivity (Wildman–Crippen MR) is 86.4 cm³/mol. The van der Waals surface area contributed by atoms with E-state index in [0.29, 0.717) is 13.2 Å². The Balaban J connectivity index is 2.73. The SMILES string of the molecule is CCCNC(Cc1ccc(CC)cn1)C(OCC)OCC. The minimum atomic E-state index is -0.223. The van der Waals surface area contributed by atoms with E-state index in [2.05, 4.69) is 36.3 Å². The van der Waals surface area contributed by atoms with Crippen LogP contribution < -0.4 is 5.32 Å². The quantitative estimate of drug-likeness (QED) is 0.637. The van der Waals surface area contributed by atoms with Crippen LogP contribution in [0.15, 0.2) is 18.3 Å². The van der Waals surface area contributed by atoms with Gasteiger partial charge in [-0.2, -0.15) is 0 Å². The lowest BCUT2D eigenvalue weighted by Gasteiger charge is -2.27. The molecule has 1 aromatic heterocycles. The van der Waals surface area contributed by atoms with Crippen LogP contribution in [0.5, 0.6) is 0 Å². The van der Waals surface area contributed by atoms with Crippen LogP contribution in [0.2, 0.25) is 0 Å². The van der Waals surface area contributed by atoms with Crippen LogP contribution >= 0.6 is 0 Å². The molecule has 0 aliphatic heterocycles. The lowest BCUT2D eigenvalue weighted by atomic mass is 10.1. The fourth-order valence-corrected chi connectivity index (χ4v) is 2.21. The summed E-state index contributed by atoms with van der Waals surface area (Å²) in [4.78, 5) is 4.55. The smallest absolute Gasteiger partial charge is 0.173 e. The van der Waals surface area contributed by atoms with Crippen molar-refractivity contribution < 1.29 is 9.47 Å². The molecule has 21 heavy (non-hydrogen) atoms. The Hall–Kier alpha value is -0.970. The Bertz CT molecular complexity index is 362. The average molecular weight is 294 g/mol. The molecule has 0 aromatic carbocycles. The second kappa shape index (κ2) is 10.7. The Kier molecular flexibility index (Phi) is 9.22. The molecule has 0 saturated heterocycles. The summed E-state index contributed by atoms with van der Waals surface area (Å²) >= 11 is 0. The number of aryl methyl sites for hydroxylation is 1. The van der Waals surface area contributed by atoms with Crippen LogP contribution in [0.3, 0.4) is 0 Å². The first kappa shape index (κ1) is 18.1. The summed E-state index contributed by atoms with van der Waals surface area (Å²) in [6.45, 7) is 10.5. The summed E-state index contributed by atoms with van der Waals surface area (Å²) in [5.41, 5.74) is 2.34. The van der Waals surface area contributed by atoms with E-state index in [4.69, 9.17) is 9.47 Å². The molecule has 0 fully saturated rings. The van der Waals surface area contributed by atoms with Crippen molar-refractivity contribution in [1.29, 1.82) is 0 Å². The minimum Gasteiger partial charge on any atom is -0.351 e. The number of hydrogen-bond acceptors (Lipinski definition) is 4. The van der Waals surface area contributed by atoms with Gasteiger partial charge in [0, 0.05) is 31.5 Å². The van der Waals surface area contributed by atoms with E-state index >= 15 is 0 Å². The highest BCUT2D eigenvalue weighted by Crippen LogP contribution is 2.10. The molecule has 0 aliphatic rings. The first-order valence-corrected chi connectivity index (χ1v) is 8.15. The largest absolute Gasteiger partial charge is 0.351 e. The van der Waals surface area contributed by atoms with Gasteiger partial charge in [0.2, 0.25) is 0 Å². The van der Waals surface area contributed by atoms with E-state index < -0.39 is 0 Å². The van der Waals surface area contributed by atoms with Gasteiger partial charge in [-0.25, -0.2) is 0 Å². The maximum Gasteiger partial charge on any atom is 0.173 e. The molecule has 1 N–H and O–H groups in total. The highest BCUT2D eigenvalue weighted by Gasteiger charge is 2.22. The molecule has 1 rings (SSSR count). The van der Waals surface area contributed by atoms with E-state index in [9.17, 15) is 0 Å². The third kappa shape index (κ3) is 6.55. The molecule has 0 bridgehead atoms. The Morgan fingerprint density at radius 2 is 1.81 bits per heavy atom.